The first-order chi connectivity index (χ1) is 30.7. The van der Waals surface area contributed by atoms with Crippen LogP contribution in [0, 0.1) is 0 Å². The third-order valence-electron chi connectivity index (χ3n) is 13.0. The quantitative estimate of drug-likeness (QED) is 0.0233. The van der Waals surface area contributed by atoms with Gasteiger partial charge in [0.15, 0.2) is 6.29 Å². The third kappa shape index (κ3) is 24.6. The lowest BCUT2D eigenvalue weighted by Crippen LogP contribution is -2.65. The number of amides is 1. The lowest BCUT2D eigenvalue weighted by atomic mass is 9.89. The van der Waals surface area contributed by atoms with Crippen LogP contribution < -0.4 is 0 Å². The first-order valence-electron chi connectivity index (χ1n) is 25.9. The Morgan fingerprint density at radius 3 is 1.52 bits per heavy atom. The van der Waals surface area contributed by atoms with Crippen LogP contribution in [0.5, 0.6) is 0 Å². The molecule has 63 heavy (non-hydrogen) atoms. The normalized spacial score (nSPS) is 26.2. The van der Waals surface area contributed by atoms with Crippen LogP contribution in [0.15, 0.2) is 36.5 Å². The Bertz CT molecular complexity index is 1180. The summed E-state index contributed by atoms with van der Waals surface area (Å²) in [6.45, 7) is 3.52. The van der Waals surface area contributed by atoms with Crippen molar-refractivity contribution in [1.82, 2.24) is 4.90 Å². The summed E-state index contributed by atoms with van der Waals surface area (Å²) in [7, 11) is 0. The summed E-state index contributed by atoms with van der Waals surface area (Å²) in [5, 5.41) is 74.3. The molecule has 11 nitrogen and oxygen atoms in total. The molecule has 11 heteroatoms. The molecule has 0 radical (unpaired) electrons. The number of nitrogens with zero attached hydrogens (tertiary/aromatic N) is 1. The summed E-state index contributed by atoms with van der Waals surface area (Å²) in [4.78, 5) is 15.4. The number of rotatable bonds is 38. The molecule has 0 saturated carbocycles. The van der Waals surface area contributed by atoms with Crippen molar-refractivity contribution in [1.29, 1.82) is 0 Å². The Kier molecular flexibility index (Phi) is 34.1. The van der Waals surface area contributed by atoms with Crippen LogP contribution in [-0.4, -0.2) is 121 Å². The standard InChI is InChI=1S/C52H95NO10/c1-3-5-7-9-11-13-15-17-19-20-21-22-23-24-26-28-30-32-34-36-38-44(55)51(61)53-42(37-35-33-31-29-27-25-18-16-14-12-10-8-6-4-2)45(56)39-46(57)43(53)41-62-52-50(60)49(59)48(58)47(40-54)63-52/h26-29,35,37,42-50,52,54-60H,3-25,30-34,36,38-41H2,1-2H3/b28-26-,29-27-,37-35+/t42-,43-,44+,45-,46+,47+,48+,49-,50+,52?/m0/s1. The summed E-state index contributed by atoms with van der Waals surface area (Å²) >= 11 is 0. The minimum absolute atomic E-state index is 0.0526. The van der Waals surface area contributed by atoms with Crippen molar-refractivity contribution < 1.29 is 50.0 Å². The first-order valence-corrected chi connectivity index (χ1v) is 25.9. The topological polar surface area (TPSA) is 180 Å². The molecule has 7 N–H and O–H groups in total. The molecule has 2 aliphatic rings. The molecule has 2 heterocycles. The Labute approximate surface area is 383 Å². The van der Waals surface area contributed by atoms with E-state index in [0.717, 1.165) is 38.5 Å². The summed E-state index contributed by atoms with van der Waals surface area (Å²) in [6.07, 6.45) is 36.4. The van der Waals surface area contributed by atoms with Gasteiger partial charge in [0.2, 0.25) is 0 Å². The molecule has 0 aromatic carbocycles. The van der Waals surface area contributed by atoms with Crippen LogP contribution in [0.3, 0.4) is 0 Å². The predicted molar refractivity (Wildman–Crippen MR) is 254 cm³/mol. The molecular weight excluding hydrogens is 799 g/mol. The highest BCUT2D eigenvalue weighted by Gasteiger charge is 2.47. The zero-order valence-corrected chi connectivity index (χ0v) is 39.9. The van der Waals surface area contributed by atoms with E-state index >= 15 is 0 Å². The van der Waals surface area contributed by atoms with Crippen molar-refractivity contribution in [2.24, 2.45) is 0 Å². The highest BCUT2D eigenvalue weighted by atomic mass is 16.7. The van der Waals surface area contributed by atoms with E-state index in [1.165, 1.54) is 140 Å². The molecule has 2 rings (SSSR count). The maximum absolute atomic E-state index is 14.1. The SMILES string of the molecule is CCCCCCCCCC/C=C\CC/C=C/[C@H]1[C@@H](O)C[C@@H](O)[C@H](COC2O[C@H](CO)[C@@H](O)[C@H](O)[C@H]2O)N1C(=O)[C@H](O)CCCCC/C=C\CCCCCCCCCCCCCCC. The fourth-order valence-corrected chi connectivity index (χ4v) is 8.90. The highest BCUT2D eigenvalue weighted by molar-refractivity contribution is 5.82. The minimum atomic E-state index is -1.66. The van der Waals surface area contributed by atoms with Gasteiger partial charge in [-0.15, -0.1) is 0 Å². The monoisotopic (exact) mass is 894 g/mol. The Morgan fingerprint density at radius 2 is 1.03 bits per heavy atom. The van der Waals surface area contributed by atoms with Gasteiger partial charge in [0.25, 0.3) is 5.91 Å². The number of carbonyl (C=O) groups excluding carboxylic acids is 1. The number of aliphatic hydroxyl groups is 7. The van der Waals surface area contributed by atoms with Gasteiger partial charge in [0.1, 0.15) is 30.5 Å². The van der Waals surface area contributed by atoms with Gasteiger partial charge in [0.05, 0.1) is 37.5 Å². The number of carbonyl (C=O) groups is 1. The maximum Gasteiger partial charge on any atom is 0.252 e. The number of ether oxygens (including phenoxy) is 2. The zero-order chi connectivity index (χ0) is 45.9. The van der Waals surface area contributed by atoms with Gasteiger partial charge >= 0.3 is 0 Å². The number of likely N-dealkylation sites (tertiary alicyclic amines) is 1. The van der Waals surface area contributed by atoms with Crippen molar-refractivity contribution in [3.8, 4) is 0 Å². The Balaban J connectivity index is 1.85. The number of aliphatic hydroxyl groups excluding tert-OH is 7. The van der Waals surface area contributed by atoms with Gasteiger partial charge in [-0.05, 0) is 57.8 Å². The molecule has 368 valence electrons. The maximum atomic E-state index is 14.1. The number of allylic oxidation sites excluding steroid dienone is 5. The molecule has 2 saturated heterocycles. The van der Waals surface area contributed by atoms with Gasteiger partial charge in [-0.1, -0.05) is 185 Å². The average Bonchev–Trinajstić information content (AvgIpc) is 3.28. The Hall–Kier alpha value is -1.67. The second-order valence-corrected chi connectivity index (χ2v) is 18.6. The van der Waals surface area contributed by atoms with Gasteiger partial charge in [-0.3, -0.25) is 4.79 Å². The van der Waals surface area contributed by atoms with E-state index in [-0.39, 0.29) is 19.4 Å². The summed E-state index contributed by atoms with van der Waals surface area (Å²) < 4.78 is 11.3. The molecule has 10 atom stereocenters. The predicted octanol–water partition coefficient (Wildman–Crippen LogP) is 9.27. The number of hydrogen-bond acceptors (Lipinski definition) is 10. The lowest BCUT2D eigenvalue weighted by molar-refractivity contribution is -0.305. The van der Waals surface area contributed by atoms with Crippen molar-refractivity contribution in [3.63, 3.8) is 0 Å². The molecule has 0 spiro atoms. The van der Waals surface area contributed by atoms with E-state index in [2.05, 4.69) is 38.2 Å². The second kappa shape index (κ2) is 37.4. The van der Waals surface area contributed by atoms with Gasteiger partial charge < -0.3 is 50.1 Å². The molecule has 1 amide bonds. The van der Waals surface area contributed by atoms with Crippen molar-refractivity contribution in [2.45, 2.75) is 274 Å². The highest BCUT2D eigenvalue weighted by Crippen LogP contribution is 2.29. The van der Waals surface area contributed by atoms with Crippen LogP contribution in [0.2, 0.25) is 0 Å². The summed E-state index contributed by atoms with van der Waals surface area (Å²) in [5.74, 6) is -0.632. The van der Waals surface area contributed by atoms with Crippen molar-refractivity contribution in [3.05, 3.63) is 36.5 Å². The van der Waals surface area contributed by atoms with E-state index in [9.17, 15) is 40.5 Å². The number of hydrogen-bond donors (Lipinski definition) is 7. The van der Waals surface area contributed by atoms with Gasteiger partial charge in [0, 0.05) is 6.42 Å². The van der Waals surface area contributed by atoms with Crippen molar-refractivity contribution in [2.75, 3.05) is 13.2 Å². The van der Waals surface area contributed by atoms with Gasteiger partial charge in [-0.2, -0.15) is 0 Å². The Morgan fingerprint density at radius 1 is 0.587 bits per heavy atom. The molecule has 0 aromatic rings. The smallest absolute Gasteiger partial charge is 0.252 e. The van der Waals surface area contributed by atoms with Crippen LogP contribution in [0.4, 0.5) is 0 Å². The lowest BCUT2D eigenvalue weighted by Gasteiger charge is -2.47. The fraction of sp³-hybridized carbons (Fsp3) is 0.865. The third-order valence-corrected chi connectivity index (χ3v) is 13.0. The van der Waals surface area contributed by atoms with Crippen LogP contribution in [0.1, 0.15) is 213 Å². The minimum Gasteiger partial charge on any atom is -0.394 e. The van der Waals surface area contributed by atoms with Crippen molar-refractivity contribution >= 4 is 5.91 Å². The second-order valence-electron chi connectivity index (χ2n) is 18.6. The molecule has 0 bridgehead atoms. The summed E-state index contributed by atoms with van der Waals surface area (Å²) in [5.41, 5.74) is 0. The van der Waals surface area contributed by atoms with E-state index < -0.39 is 73.6 Å². The van der Waals surface area contributed by atoms with E-state index in [1.807, 2.05) is 6.08 Å². The molecule has 0 aromatic heterocycles. The van der Waals surface area contributed by atoms with Gasteiger partial charge in [-0.25, -0.2) is 0 Å². The molecule has 0 aliphatic carbocycles. The van der Waals surface area contributed by atoms with E-state index in [4.69, 9.17) is 9.47 Å². The fourth-order valence-electron chi connectivity index (χ4n) is 8.90. The summed E-state index contributed by atoms with van der Waals surface area (Å²) in [6, 6.07) is -1.87. The molecule has 1 unspecified atom stereocenters. The number of piperidine rings is 1. The zero-order valence-electron chi connectivity index (χ0n) is 39.9. The first kappa shape index (κ1) is 57.5. The molecule has 2 aliphatic heterocycles. The van der Waals surface area contributed by atoms with Crippen LogP contribution in [0.25, 0.3) is 0 Å². The average molecular weight is 894 g/mol. The van der Waals surface area contributed by atoms with E-state index in [1.54, 1.807) is 6.08 Å². The largest absolute Gasteiger partial charge is 0.394 e. The molecule has 2 fully saturated rings. The van der Waals surface area contributed by atoms with Crippen LogP contribution in [-0.2, 0) is 14.3 Å². The van der Waals surface area contributed by atoms with Crippen LogP contribution >= 0.6 is 0 Å². The van der Waals surface area contributed by atoms with E-state index in [0.29, 0.717) is 12.8 Å². The molecular formula is C52H95NO10. The number of unbranched alkanes of at least 4 members (excludes halogenated alkanes) is 25.